The van der Waals surface area contributed by atoms with Crippen LogP contribution in [0.3, 0.4) is 0 Å². The van der Waals surface area contributed by atoms with Crippen LogP contribution in [0, 0.1) is 5.82 Å². The van der Waals surface area contributed by atoms with Gasteiger partial charge in [0.2, 0.25) is 5.91 Å². The number of carboxylic acids is 1. The molecule has 0 fully saturated rings. The largest absolute Gasteiger partial charge is 0.481 e. The maximum absolute atomic E-state index is 12.7. The van der Waals surface area contributed by atoms with Crippen LogP contribution in [0.25, 0.3) is 10.9 Å². The summed E-state index contributed by atoms with van der Waals surface area (Å²) in [6, 6.07) is 10.4. The van der Waals surface area contributed by atoms with E-state index in [-0.39, 0.29) is 12.0 Å². The molecule has 2 heterocycles. The molecular formula is C24H24F4N2O3. The quantitative estimate of drug-likeness (QED) is 0.548. The number of amides is 1. The number of likely N-dealkylation sites (N-methyl/N-ethyl adjacent to an activating group) is 1. The first-order valence-electron chi connectivity index (χ1n) is 10.5. The molecule has 0 atom stereocenters. The van der Waals surface area contributed by atoms with E-state index >= 15 is 0 Å². The molecule has 0 spiro atoms. The maximum atomic E-state index is 12.7. The van der Waals surface area contributed by atoms with Gasteiger partial charge in [-0.3, -0.25) is 9.59 Å². The molecule has 4 rings (SSSR count). The Morgan fingerprint density at radius 1 is 1.09 bits per heavy atom. The SMILES string of the molecule is CNC(=O)Cc1ccc(F)cc1C(F)(F)F.O=C(O)Cc1c2n(c3ccccc13)CCCC2. The Labute approximate surface area is 188 Å². The Morgan fingerprint density at radius 2 is 1.82 bits per heavy atom. The van der Waals surface area contributed by atoms with Gasteiger partial charge in [-0.1, -0.05) is 24.3 Å². The fourth-order valence-electron chi connectivity index (χ4n) is 4.11. The molecule has 0 saturated carbocycles. The number of aliphatic carboxylic acids is 1. The summed E-state index contributed by atoms with van der Waals surface area (Å²) in [5.41, 5.74) is 2.09. The van der Waals surface area contributed by atoms with Gasteiger partial charge < -0.3 is 15.0 Å². The second-order valence-corrected chi connectivity index (χ2v) is 7.77. The van der Waals surface area contributed by atoms with Gasteiger partial charge in [-0.25, -0.2) is 4.39 Å². The van der Waals surface area contributed by atoms with Crippen LogP contribution in [0.2, 0.25) is 0 Å². The molecule has 33 heavy (non-hydrogen) atoms. The van der Waals surface area contributed by atoms with E-state index in [1.165, 1.54) is 31.1 Å². The molecule has 176 valence electrons. The monoisotopic (exact) mass is 464 g/mol. The zero-order valence-corrected chi connectivity index (χ0v) is 18.0. The number of aromatic nitrogens is 1. The predicted octanol–water partition coefficient (Wildman–Crippen LogP) is 4.74. The number of aryl methyl sites for hydroxylation is 1. The number of benzene rings is 2. The molecule has 1 amide bonds. The van der Waals surface area contributed by atoms with Gasteiger partial charge in [-0.2, -0.15) is 13.2 Å². The first-order chi connectivity index (χ1) is 15.6. The summed E-state index contributed by atoms with van der Waals surface area (Å²) >= 11 is 0. The van der Waals surface area contributed by atoms with Crippen molar-refractivity contribution in [3.8, 4) is 0 Å². The molecular weight excluding hydrogens is 440 g/mol. The van der Waals surface area contributed by atoms with Crippen LogP contribution in [0.4, 0.5) is 17.6 Å². The Hall–Kier alpha value is -3.36. The molecule has 0 radical (unpaired) electrons. The number of nitrogens with one attached hydrogen (secondary N) is 1. The third-order valence-corrected chi connectivity index (χ3v) is 5.57. The average molecular weight is 464 g/mol. The zero-order valence-electron chi connectivity index (χ0n) is 18.0. The topological polar surface area (TPSA) is 71.3 Å². The Balaban J connectivity index is 0.000000186. The summed E-state index contributed by atoms with van der Waals surface area (Å²) < 4.78 is 52.5. The van der Waals surface area contributed by atoms with E-state index in [9.17, 15) is 27.2 Å². The summed E-state index contributed by atoms with van der Waals surface area (Å²) in [4.78, 5) is 22.0. The molecule has 1 aromatic heterocycles. The van der Waals surface area contributed by atoms with E-state index in [0.29, 0.717) is 6.07 Å². The van der Waals surface area contributed by atoms with Crippen molar-refractivity contribution in [2.45, 2.75) is 44.8 Å². The van der Waals surface area contributed by atoms with Crippen molar-refractivity contribution in [1.29, 1.82) is 0 Å². The number of para-hydroxylation sites is 1. The second-order valence-electron chi connectivity index (χ2n) is 7.77. The fraction of sp³-hybridized carbons (Fsp3) is 0.333. The first-order valence-corrected chi connectivity index (χ1v) is 10.5. The third kappa shape index (κ3) is 5.71. The van der Waals surface area contributed by atoms with E-state index in [1.807, 2.05) is 18.2 Å². The smallest absolute Gasteiger partial charge is 0.416 e. The molecule has 2 N–H and O–H groups in total. The molecule has 1 aliphatic heterocycles. The van der Waals surface area contributed by atoms with Gasteiger partial charge in [0.05, 0.1) is 18.4 Å². The van der Waals surface area contributed by atoms with Crippen molar-refractivity contribution in [3.63, 3.8) is 0 Å². The lowest BCUT2D eigenvalue weighted by atomic mass is 10.0. The number of nitrogens with zero attached hydrogens (tertiary/aromatic N) is 1. The number of fused-ring (bicyclic) bond motifs is 3. The highest BCUT2D eigenvalue weighted by Gasteiger charge is 2.34. The summed E-state index contributed by atoms with van der Waals surface area (Å²) in [6.07, 6.45) is -1.57. The van der Waals surface area contributed by atoms with Gasteiger partial charge in [-0.05, 0) is 48.6 Å². The summed E-state index contributed by atoms with van der Waals surface area (Å²) in [6.45, 7) is 1.02. The molecule has 0 unspecified atom stereocenters. The van der Waals surface area contributed by atoms with Crippen LogP contribution in [0.15, 0.2) is 42.5 Å². The molecule has 9 heteroatoms. The molecule has 3 aromatic rings. The van der Waals surface area contributed by atoms with Crippen molar-refractivity contribution < 1.29 is 32.3 Å². The number of alkyl halides is 3. The first kappa shape index (κ1) is 24.3. The molecule has 0 aliphatic carbocycles. The Kier molecular flexibility index (Phi) is 7.40. The number of hydrogen-bond donors (Lipinski definition) is 2. The third-order valence-electron chi connectivity index (χ3n) is 5.57. The van der Waals surface area contributed by atoms with Crippen LogP contribution in [-0.2, 0) is 41.6 Å². The maximum Gasteiger partial charge on any atom is 0.416 e. The Morgan fingerprint density at radius 3 is 2.48 bits per heavy atom. The number of hydrogen-bond acceptors (Lipinski definition) is 2. The van der Waals surface area contributed by atoms with Crippen LogP contribution in [-0.4, -0.2) is 28.6 Å². The van der Waals surface area contributed by atoms with Crippen molar-refractivity contribution in [2.24, 2.45) is 0 Å². The molecule has 1 aliphatic rings. The van der Waals surface area contributed by atoms with Gasteiger partial charge in [0.15, 0.2) is 0 Å². The number of rotatable bonds is 4. The van der Waals surface area contributed by atoms with Gasteiger partial charge in [-0.15, -0.1) is 0 Å². The van der Waals surface area contributed by atoms with Crippen LogP contribution in [0.5, 0.6) is 0 Å². The highest BCUT2D eigenvalue weighted by Crippen LogP contribution is 2.33. The molecule has 5 nitrogen and oxygen atoms in total. The summed E-state index contributed by atoms with van der Waals surface area (Å²) in [5.74, 6) is -2.28. The van der Waals surface area contributed by atoms with Crippen molar-refractivity contribution in [1.82, 2.24) is 9.88 Å². The summed E-state index contributed by atoms with van der Waals surface area (Å²) in [7, 11) is 1.32. The van der Waals surface area contributed by atoms with Gasteiger partial charge in [0.1, 0.15) is 5.82 Å². The number of carbonyl (C=O) groups is 2. The average Bonchev–Trinajstić information content (AvgIpc) is 3.08. The van der Waals surface area contributed by atoms with Crippen LogP contribution < -0.4 is 5.32 Å². The Bertz CT molecular complexity index is 1170. The summed E-state index contributed by atoms with van der Waals surface area (Å²) in [5, 5.41) is 12.4. The zero-order chi connectivity index (χ0) is 24.2. The lowest BCUT2D eigenvalue weighted by Crippen LogP contribution is -2.22. The minimum absolute atomic E-state index is 0.142. The van der Waals surface area contributed by atoms with Crippen molar-refractivity contribution >= 4 is 22.8 Å². The lowest BCUT2D eigenvalue weighted by Gasteiger charge is -2.16. The van der Waals surface area contributed by atoms with Crippen molar-refractivity contribution in [2.75, 3.05) is 7.05 Å². The minimum Gasteiger partial charge on any atom is -0.481 e. The lowest BCUT2D eigenvalue weighted by molar-refractivity contribution is -0.138. The van der Waals surface area contributed by atoms with Gasteiger partial charge >= 0.3 is 12.1 Å². The fourth-order valence-corrected chi connectivity index (χ4v) is 4.11. The van der Waals surface area contributed by atoms with Gasteiger partial charge in [0.25, 0.3) is 0 Å². The van der Waals surface area contributed by atoms with E-state index in [0.717, 1.165) is 36.0 Å². The highest BCUT2D eigenvalue weighted by atomic mass is 19.4. The van der Waals surface area contributed by atoms with Gasteiger partial charge in [0, 0.05) is 30.2 Å². The normalized spacial score (nSPS) is 13.1. The van der Waals surface area contributed by atoms with E-state index < -0.39 is 35.9 Å². The second kappa shape index (κ2) is 10.1. The van der Waals surface area contributed by atoms with E-state index in [1.54, 1.807) is 0 Å². The highest BCUT2D eigenvalue weighted by molar-refractivity contribution is 5.89. The number of carbonyl (C=O) groups excluding carboxylic acids is 1. The van der Waals surface area contributed by atoms with Crippen LogP contribution >= 0.6 is 0 Å². The van der Waals surface area contributed by atoms with E-state index in [2.05, 4.69) is 16.0 Å². The predicted molar refractivity (Wildman–Crippen MR) is 115 cm³/mol. The minimum atomic E-state index is -4.66. The number of halogens is 4. The molecule has 0 saturated heterocycles. The molecule has 2 aromatic carbocycles. The molecule has 0 bridgehead atoms. The standard InChI is InChI=1S/C14H15NO2.C10H9F4NO/c16-14(17)9-11-10-5-1-2-6-12(10)15-8-4-3-7-13(11)15;1-15-9(16)4-6-2-3-7(11)5-8(6)10(12,13)14/h1-2,5-6H,3-4,7-9H2,(H,16,17);2-3,5H,4H2,1H3,(H,15,16). The number of carboxylic acid groups (broad SMARTS) is 1. The van der Waals surface area contributed by atoms with Crippen LogP contribution in [0.1, 0.15) is 35.2 Å². The van der Waals surface area contributed by atoms with E-state index in [4.69, 9.17) is 5.11 Å². The van der Waals surface area contributed by atoms with Crippen molar-refractivity contribution in [3.05, 3.63) is 70.7 Å².